The number of rotatable bonds is 3. The fourth-order valence-corrected chi connectivity index (χ4v) is 6.75. The summed E-state index contributed by atoms with van der Waals surface area (Å²) in [7, 11) is 0. The molecule has 0 fully saturated rings. The van der Waals surface area contributed by atoms with Gasteiger partial charge in [-0.05, 0) is 51.9 Å². The second kappa shape index (κ2) is 9.05. The zero-order valence-electron chi connectivity index (χ0n) is 23.6. The minimum atomic E-state index is 0.358. The molecule has 0 amide bonds. The molecule has 208 valence electrons. The SMILES string of the molecule is c1cnc(-c2nc(-c3ccc4c5c6ccccc6cc6c7cccc8cccc(c87)n(c4c3)c65)nc(-c3ncccn3)n2)nc1. The molecule has 45 heavy (non-hydrogen) atoms. The minimum Gasteiger partial charge on any atom is -0.308 e. The predicted octanol–water partition coefficient (Wildman–Crippen LogP) is 7.91. The van der Waals surface area contributed by atoms with Gasteiger partial charge in [0.25, 0.3) is 0 Å². The third kappa shape index (κ3) is 3.44. The molecule has 0 bridgehead atoms. The van der Waals surface area contributed by atoms with Crippen molar-refractivity contribution < 1.29 is 0 Å². The number of fused-ring (bicyclic) bond motifs is 7. The molecule has 0 aliphatic rings. The topological polar surface area (TPSA) is 94.6 Å². The molecule has 0 aliphatic heterocycles. The quantitative estimate of drug-likeness (QED) is 0.156. The van der Waals surface area contributed by atoms with E-state index in [4.69, 9.17) is 9.97 Å². The molecule has 0 spiro atoms. The Bertz CT molecular complexity index is 2690. The van der Waals surface area contributed by atoms with Gasteiger partial charge in [-0.2, -0.15) is 0 Å². The van der Waals surface area contributed by atoms with E-state index in [9.17, 15) is 0 Å². The smallest absolute Gasteiger partial charge is 0.201 e. The van der Waals surface area contributed by atoms with Crippen LogP contribution in [0.2, 0.25) is 0 Å². The van der Waals surface area contributed by atoms with Gasteiger partial charge in [-0.3, -0.25) is 0 Å². The summed E-state index contributed by atoms with van der Waals surface area (Å²) in [4.78, 5) is 32.0. The first-order chi connectivity index (χ1) is 22.3. The van der Waals surface area contributed by atoms with Crippen LogP contribution in [0.4, 0.5) is 0 Å². The van der Waals surface area contributed by atoms with Crippen LogP contribution in [0.25, 0.3) is 94.3 Å². The molecule has 0 aliphatic carbocycles. The molecule has 10 rings (SSSR count). The third-order valence-corrected chi connectivity index (χ3v) is 8.59. The van der Waals surface area contributed by atoms with E-state index in [1.165, 1.54) is 48.6 Å². The van der Waals surface area contributed by atoms with Crippen LogP contribution >= 0.6 is 0 Å². The summed E-state index contributed by atoms with van der Waals surface area (Å²) >= 11 is 0. The van der Waals surface area contributed by atoms with Crippen LogP contribution in [0.3, 0.4) is 0 Å². The number of benzene rings is 5. The summed E-state index contributed by atoms with van der Waals surface area (Å²) in [6, 6.07) is 34.1. The molecule has 5 aromatic heterocycles. The summed E-state index contributed by atoms with van der Waals surface area (Å²) in [5.41, 5.74) is 4.29. The van der Waals surface area contributed by atoms with Gasteiger partial charge < -0.3 is 4.40 Å². The Morgan fingerprint density at radius 2 is 1.04 bits per heavy atom. The van der Waals surface area contributed by atoms with Crippen LogP contribution in [-0.4, -0.2) is 39.3 Å². The molecular weight excluding hydrogens is 556 g/mol. The lowest BCUT2D eigenvalue weighted by molar-refractivity contribution is 1.00. The Labute approximate surface area is 255 Å². The maximum Gasteiger partial charge on any atom is 0.201 e. The maximum atomic E-state index is 4.86. The van der Waals surface area contributed by atoms with Gasteiger partial charge in [0.2, 0.25) is 11.6 Å². The van der Waals surface area contributed by atoms with E-state index in [0.717, 1.165) is 16.6 Å². The first kappa shape index (κ1) is 24.1. The molecule has 10 aromatic rings. The zero-order valence-corrected chi connectivity index (χ0v) is 23.6. The van der Waals surface area contributed by atoms with E-state index in [1.54, 1.807) is 36.9 Å². The summed E-state index contributed by atoms with van der Waals surface area (Å²) in [5.74, 6) is 2.02. The number of hydrogen-bond donors (Lipinski definition) is 0. The van der Waals surface area contributed by atoms with Crippen molar-refractivity contribution in [3.8, 4) is 34.7 Å². The van der Waals surface area contributed by atoms with Crippen molar-refractivity contribution in [1.82, 2.24) is 39.3 Å². The first-order valence-corrected chi connectivity index (χ1v) is 14.7. The summed E-state index contributed by atoms with van der Waals surface area (Å²) in [6.07, 6.45) is 6.70. The highest BCUT2D eigenvalue weighted by atomic mass is 15.1. The highest BCUT2D eigenvalue weighted by Gasteiger charge is 2.21. The van der Waals surface area contributed by atoms with Crippen molar-refractivity contribution in [2.45, 2.75) is 0 Å². The second-order valence-electron chi connectivity index (χ2n) is 11.1. The predicted molar refractivity (Wildman–Crippen MR) is 177 cm³/mol. The molecule has 8 heteroatoms. The number of nitrogens with zero attached hydrogens (tertiary/aromatic N) is 8. The fraction of sp³-hybridized carbons (Fsp3) is 0. The molecule has 0 saturated heterocycles. The average molecular weight is 577 g/mol. The largest absolute Gasteiger partial charge is 0.308 e. The zero-order chi connectivity index (χ0) is 29.5. The number of hydrogen-bond acceptors (Lipinski definition) is 7. The van der Waals surface area contributed by atoms with Crippen molar-refractivity contribution in [3.05, 3.63) is 122 Å². The number of pyridine rings is 1. The molecular formula is C37H20N8. The van der Waals surface area contributed by atoms with Gasteiger partial charge in [-0.15, -0.1) is 0 Å². The normalized spacial score (nSPS) is 12.0. The van der Waals surface area contributed by atoms with E-state index in [1.807, 2.05) is 0 Å². The molecule has 0 unspecified atom stereocenters. The first-order valence-electron chi connectivity index (χ1n) is 14.7. The highest BCUT2D eigenvalue weighted by molar-refractivity contribution is 6.33. The van der Waals surface area contributed by atoms with Crippen molar-refractivity contribution in [1.29, 1.82) is 0 Å². The van der Waals surface area contributed by atoms with E-state index in [2.05, 4.69) is 114 Å². The van der Waals surface area contributed by atoms with Gasteiger partial charge in [0.05, 0.1) is 16.6 Å². The Morgan fingerprint density at radius 1 is 0.400 bits per heavy atom. The van der Waals surface area contributed by atoms with Gasteiger partial charge in [-0.1, -0.05) is 66.7 Å². The van der Waals surface area contributed by atoms with Crippen molar-refractivity contribution in [3.63, 3.8) is 0 Å². The summed E-state index contributed by atoms with van der Waals surface area (Å²) in [6.45, 7) is 0. The van der Waals surface area contributed by atoms with Crippen LogP contribution in [0.5, 0.6) is 0 Å². The minimum absolute atomic E-state index is 0.358. The molecule has 0 atom stereocenters. The monoisotopic (exact) mass is 576 g/mol. The molecule has 5 aromatic carbocycles. The molecule has 0 radical (unpaired) electrons. The van der Waals surface area contributed by atoms with E-state index >= 15 is 0 Å². The average Bonchev–Trinajstić information content (AvgIpc) is 3.46. The maximum absolute atomic E-state index is 4.86. The molecule has 0 N–H and O–H groups in total. The Hall–Kier alpha value is -6.41. The summed E-state index contributed by atoms with van der Waals surface area (Å²) in [5, 5.41) is 9.81. The van der Waals surface area contributed by atoms with Crippen LogP contribution in [0.1, 0.15) is 0 Å². The third-order valence-electron chi connectivity index (χ3n) is 8.59. The number of aromatic nitrogens is 8. The molecule has 5 heterocycles. The second-order valence-corrected chi connectivity index (χ2v) is 11.1. The van der Waals surface area contributed by atoms with Gasteiger partial charge in [0.15, 0.2) is 17.5 Å². The lowest BCUT2D eigenvalue weighted by Crippen LogP contribution is -2.03. The lowest BCUT2D eigenvalue weighted by atomic mass is 9.96. The van der Waals surface area contributed by atoms with Gasteiger partial charge in [0.1, 0.15) is 0 Å². The van der Waals surface area contributed by atoms with Gasteiger partial charge >= 0.3 is 0 Å². The van der Waals surface area contributed by atoms with Gasteiger partial charge in [-0.25, -0.2) is 34.9 Å². The standard InChI is InChI=1S/C37H20N8/c1-2-10-24-22(7-1)19-27-25-11-3-8-21-9-4-12-28(30(21)25)45-29-20-23(13-14-26(29)31(24)32(27)45)33-42-36(34-38-15-5-16-39-34)44-37(43-33)35-40-17-6-18-41-35/h1-20H. The fourth-order valence-electron chi connectivity index (χ4n) is 6.75. The molecule has 0 saturated carbocycles. The van der Waals surface area contributed by atoms with E-state index in [-0.39, 0.29) is 0 Å². The lowest BCUT2D eigenvalue weighted by Gasteiger charge is -2.14. The Balaban J connectivity index is 1.34. The van der Waals surface area contributed by atoms with Crippen LogP contribution in [0.15, 0.2) is 122 Å². The van der Waals surface area contributed by atoms with Crippen molar-refractivity contribution >= 4 is 59.6 Å². The van der Waals surface area contributed by atoms with E-state index in [0.29, 0.717) is 29.1 Å². The molecule has 8 nitrogen and oxygen atoms in total. The van der Waals surface area contributed by atoms with Crippen LogP contribution in [-0.2, 0) is 0 Å². The Kier molecular flexibility index (Phi) is 4.84. The van der Waals surface area contributed by atoms with Crippen molar-refractivity contribution in [2.75, 3.05) is 0 Å². The Morgan fingerprint density at radius 3 is 1.80 bits per heavy atom. The van der Waals surface area contributed by atoms with Crippen LogP contribution < -0.4 is 0 Å². The van der Waals surface area contributed by atoms with E-state index < -0.39 is 0 Å². The highest BCUT2D eigenvalue weighted by Crippen LogP contribution is 2.44. The summed E-state index contributed by atoms with van der Waals surface area (Å²) < 4.78 is 2.41. The van der Waals surface area contributed by atoms with Gasteiger partial charge in [0, 0.05) is 51.9 Å². The van der Waals surface area contributed by atoms with Crippen LogP contribution in [0, 0.1) is 0 Å². The van der Waals surface area contributed by atoms with Crippen molar-refractivity contribution in [2.24, 2.45) is 0 Å².